The summed E-state index contributed by atoms with van der Waals surface area (Å²) in [6.07, 6.45) is 4.40. The summed E-state index contributed by atoms with van der Waals surface area (Å²) in [6, 6.07) is 8.90. The Hall–Kier alpha value is -1.39. The quantitative estimate of drug-likeness (QED) is 0.867. The van der Waals surface area contributed by atoms with E-state index in [0.717, 1.165) is 31.6 Å². The summed E-state index contributed by atoms with van der Waals surface area (Å²) in [6.45, 7) is 2.26. The van der Waals surface area contributed by atoms with Gasteiger partial charge in [-0.05, 0) is 37.2 Å². The van der Waals surface area contributed by atoms with Crippen LogP contribution < -0.4 is 5.73 Å². The number of carboxylic acid groups (broad SMARTS) is 1. The second-order valence-electron chi connectivity index (χ2n) is 5.84. The van der Waals surface area contributed by atoms with Crippen LogP contribution in [0.3, 0.4) is 0 Å². The van der Waals surface area contributed by atoms with Crippen LogP contribution in [0.1, 0.15) is 38.2 Å². The zero-order chi connectivity index (χ0) is 14.6. The molecular formula is C16H23NO3. The lowest BCUT2D eigenvalue weighted by molar-refractivity contribution is -0.148. The normalized spacial score (nSPS) is 25.9. The Labute approximate surface area is 119 Å². The molecule has 4 nitrogen and oxygen atoms in total. The highest BCUT2D eigenvalue weighted by Gasteiger charge is 2.37. The molecular weight excluding hydrogens is 254 g/mol. The molecule has 0 heterocycles. The molecule has 4 heteroatoms. The van der Waals surface area contributed by atoms with Crippen molar-refractivity contribution in [3.05, 3.63) is 35.9 Å². The first kappa shape index (κ1) is 15.0. The molecule has 0 radical (unpaired) electrons. The van der Waals surface area contributed by atoms with Gasteiger partial charge in [0.15, 0.2) is 5.54 Å². The van der Waals surface area contributed by atoms with Crippen LogP contribution >= 0.6 is 0 Å². The largest absolute Gasteiger partial charge is 0.480 e. The van der Waals surface area contributed by atoms with Crippen molar-refractivity contribution in [1.82, 2.24) is 0 Å². The smallest absolute Gasteiger partial charge is 0.330 e. The molecule has 0 aliphatic heterocycles. The Morgan fingerprint density at radius 2 is 1.90 bits per heavy atom. The number of hydrogen-bond acceptors (Lipinski definition) is 3. The molecule has 0 bridgehead atoms. The molecule has 0 amide bonds. The molecule has 1 fully saturated rings. The number of carbonyl (C=O) groups is 1. The zero-order valence-electron chi connectivity index (χ0n) is 11.9. The summed E-state index contributed by atoms with van der Waals surface area (Å²) in [5.41, 5.74) is 5.19. The maximum atomic E-state index is 11.5. The van der Waals surface area contributed by atoms with E-state index in [4.69, 9.17) is 10.5 Å². The fourth-order valence-electron chi connectivity index (χ4n) is 2.65. The van der Waals surface area contributed by atoms with Crippen molar-refractivity contribution < 1.29 is 14.6 Å². The third-order valence-electron chi connectivity index (χ3n) is 4.18. The van der Waals surface area contributed by atoms with Crippen molar-refractivity contribution in [3.63, 3.8) is 0 Å². The van der Waals surface area contributed by atoms with Crippen LogP contribution in [0.2, 0.25) is 0 Å². The van der Waals surface area contributed by atoms with Crippen LogP contribution in [0.4, 0.5) is 0 Å². The van der Waals surface area contributed by atoms with E-state index < -0.39 is 11.5 Å². The van der Waals surface area contributed by atoms with Crippen LogP contribution in [0, 0.1) is 5.92 Å². The maximum absolute atomic E-state index is 11.5. The SMILES string of the molecule is CC1CCC(OCC(N)(C(=O)O)c2ccccc2)CC1. The van der Waals surface area contributed by atoms with Crippen molar-refractivity contribution in [2.75, 3.05) is 6.61 Å². The van der Waals surface area contributed by atoms with Gasteiger partial charge in [0.2, 0.25) is 0 Å². The molecule has 1 unspecified atom stereocenters. The van der Waals surface area contributed by atoms with Crippen molar-refractivity contribution in [1.29, 1.82) is 0 Å². The van der Waals surface area contributed by atoms with E-state index in [1.54, 1.807) is 24.3 Å². The van der Waals surface area contributed by atoms with Crippen LogP contribution in [0.5, 0.6) is 0 Å². The molecule has 20 heavy (non-hydrogen) atoms. The lowest BCUT2D eigenvalue weighted by atomic mass is 9.88. The number of aliphatic carboxylic acids is 1. The fourth-order valence-corrected chi connectivity index (χ4v) is 2.65. The molecule has 3 N–H and O–H groups in total. The van der Waals surface area contributed by atoms with Crippen LogP contribution in [-0.4, -0.2) is 23.8 Å². The summed E-state index contributed by atoms with van der Waals surface area (Å²) in [5, 5.41) is 9.45. The van der Waals surface area contributed by atoms with E-state index >= 15 is 0 Å². The highest BCUT2D eigenvalue weighted by Crippen LogP contribution is 2.27. The van der Waals surface area contributed by atoms with Gasteiger partial charge in [-0.25, -0.2) is 4.79 Å². The summed E-state index contributed by atoms with van der Waals surface area (Å²) >= 11 is 0. The van der Waals surface area contributed by atoms with Crippen LogP contribution in [0.15, 0.2) is 30.3 Å². The predicted molar refractivity (Wildman–Crippen MR) is 77.3 cm³/mol. The standard InChI is InChI=1S/C16H23NO3/c1-12-7-9-14(10-8-12)20-11-16(17,15(18)19)13-5-3-2-4-6-13/h2-6,12,14H,7-11,17H2,1H3,(H,18,19). The number of benzene rings is 1. The van der Waals surface area contributed by atoms with Gasteiger partial charge in [0.05, 0.1) is 12.7 Å². The first-order chi connectivity index (χ1) is 9.52. The number of rotatable bonds is 5. The molecule has 2 rings (SSSR count). The number of carboxylic acids is 1. The molecule has 0 saturated heterocycles. The van der Waals surface area contributed by atoms with Crippen LogP contribution in [0.25, 0.3) is 0 Å². The predicted octanol–water partition coefficient (Wildman–Crippen LogP) is 2.52. The molecule has 1 saturated carbocycles. The van der Waals surface area contributed by atoms with Crippen molar-refractivity contribution in [2.45, 2.75) is 44.2 Å². The van der Waals surface area contributed by atoms with Gasteiger partial charge in [0, 0.05) is 0 Å². The second kappa shape index (κ2) is 6.37. The number of ether oxygens (including phenoxy) is 1. The fraction of sp³-hybridized carbons (Fsp3) is 0.562. The Balaban J connectivity index is 2.01. The summed E-state index contributed by atoms with van der Waals surface area (Å²) in [4.78, 5) is 11.5. The lowest BCUT2D eigenvalue weighted by Gasteiger charge is -2.31. The van der Waals surface area contributed by atoms with Crippen LogP contribution in [-0.2, 0) is 15.1 Å². The Kier molecular flexibility index (Phi) is 4.78. The topological polar surface area (TPSA) is 72.5 Å². The van der Waals surface area contributed by atoms with Gasteiger partial charge in [0.25, 0.3) is 0 Å². The molecule has 110 valence electrons. The molecule has 0 spiro atoms. The van der Waals surface area contributed by atoms with E-state index in [-0.39, 0.29) is 12.7 Å². The zero-order valence-corrected chi connectivity index (χ0v) is 11.9. The molecule has 1 aliphatic rings. The molecule has 1 aliphatic carbocycles. The molecule has 1 aromatic rings. The summed E-state index contributed by atoms with van der Waals surface area (Å²) in [7, 11) is 0. The van der Waals surface area contributed by atoms with E-state index in [0.29, 0.717) is 5.56 Å². The van der Waals surface area contributed by atoms with Gasteiger partial charge in [-0.3, -0.25) is 0 Å². The minimum absolute atomic E-state index is 0.0192. The number of nitrogens with two attached hydrogens (primary N) is 1. The van der Waals surface area contributed by atoms with E-state index in [2.05, 4.69) is 6.92 Å². The van der Waals surface area contributed by atoms with Gasteiger partial charge < -0.3 is 15.6 Å². The van der Waals surface area contributed by atoms with E-state index in [1.807, 2.05) is 6.07 Å². The van der Waals surface area contributed by atoms with Crippen molar-refractivity contribution in [2.24, 2.45) is 11.7 Å². The second-order valence-corrected chi connectivity index (χ2v) is 5.84. The average molecular weight is 277 g/mol. The molecule has 1 aromatic carbocycles. The molecule has 0 aromatic heterocycles. The highest BCUT2D eigenvalue weighted by molar-refractivity contribution is 5.80. The Morgan fingerprint density at radius 1 is 1.30 bits per heavy atom. The van der Waals surface area contributed by atoms with Gasteiger partial charge in [-0.15, -0.1) is 0 Å². The Morgan fingerprint density at radius 3 is 2.45 bits per heavy atom. The first-order valence-electron chi connectivity index (χ1n) is 7.22. The summed E-state index contributed by atoms with van der Waals surface area (Å²) < 4.78 is 5.81. The third kappa shape index (κ3) is 3.38. The maximum Gasteiger partial charge on any atom is 0.330 e. The Bertz CT molecular complexity index is 440. The van der Waals surface area contributed by atoms with E-state index in [9.17, 15) is 9.90 Å². The van der Waals surface area contributed by atoms with E-state index in [1.165, 1.54) is 0 Å². The lowest BCUT2D eigenvalue weighted by Crippen LogP contribution is -2.49. The van der Waals surface area contributed by atoms with Gasteiger partial charge in [-0.2, -0.15) is 0 Å². The number of hydrogen-bond donors (Lipinski definition) is 2. The highest BCUT2D eigenvalue weighted by atomic mass is 16.5. The van der Waals surface area contributed by atoms with Crippen molar-refractivity contribution in [3.8, 4) is 0 Å². The van der Waals surface area contributed by atoms with Crippen molar-refractivity contribution >= 4 is 5.97 Å². The first-order valence-corrected chi connectivity index (χ1v) is 7.22. The summed E-state index contributed by atoms with van der Waals surface area (Å²) in [5.74, 6) is -0.307. The monoisotopic (exact) mass is 277 g/mol. The van der Waals surface area contributed by atoms with Gasteiger partial charge in [-0.1, -0.05) is 37.3 Å². The molecule has 1 atom stereocenters. The third-order valence-corrected chi connectivity index (χ3v) is 4.18. The minimum Gasteiger partial charge on any atom is -0.480 e. The average Bonchev–Trinajstić information content (AvgIpc) is 2.47. The van der Waals surface area contributed by atoms with Gasteiger partial charge in [0.1, 0.15) is 0 Å². The minimum atomic E-state index is -1.47. The van der Waals surface area contributed by atoms with Gasteiger partial charge >= 0.3 is 5.97 Å².